The minimum Gasteiger partial charge on any atom is -0.375 e. The molecule has 1 amide bonds. The van der Waals surface area contributed by atoms with E-state index in [0.717, 1.165) is 15.8 Å². The second-order valence-corrected chi connectivity index (χ2v) is 5.18. The average molecular weight is 285 g/mol. The van der Waals surface area contributed by atoms with Crippen LogP contribution in [0.4, 0.5) is 10.9 Å². The van der Waals surface area contributed by atoms with E-state index in [0.29, 0.717) is 16.8 Å². The van der Waals surface area contributed by atoms with Gasteiger partial charge >= 0.3 is 0 Å². The molecule has 0 radical (unpaired) electrons. The number of amides is 1. The van der Waals surface area contributed by atoms with Crippen molar-refractivity contribution in [3.05, 3.63) is 30.5 Å². The summed E-state index contributed by atoms with van der Waals surface area (Å²) >= 11 is 1.39. The van der Waals surface area contributed by atoms with Gasteiger partial charge in [-0.2, -0.15) is 0 Å². The van der Waals surface area contributed by atoms with Crippen molar-refractivity contribution in [3.8, 4) is 11.4 Å². The summed E-state index contributed by atoms with van der Waals surface area (Å²) in [6.07, 6.45) is 1.61. The van der Waals surface area contributed by atoms with Crippen molar-refractivity contribution in [1.29, 1.82) is 0 Å². The first-order valence-corrected chi connectivity index (χ1v) is 6.71. The van der Waals surface area contributed by atoms with Crippen LogP contribution < -0.4 is 11.1 Å². The van der Waals surface area contributed by atoms with E-state index >= 15 is 0 Å². The highest BCUT2D eigenvalue weighted by atomic mass is 32.1. The van der Waals surface area contributed by atoms with Gasteiger partial charge in [0.1, 0.15) is 5.82 Å². The molecule has 7 heteroatoms. The molecule has 0 spiro atoms. The number of nitrogens with one attached hydrogen (secondary N) is 1. The van der Waals surface area contributed by atoms with Crippen LogP contribution in [0.2, 0.25) is 0 Å². The van der Waals surface area contributed by atoms with Crippen LogP contribution in [0.3, 0.4) is 0 Å². The molecule has 20 heavy (non-hydrogen) atoms. The molecule has 0 fully saturated rings. The topological polar surface area (TPSA) is 93.8 Å². The number of nitrogens with zero attached hydrogens (tertiary/aromatic N) is 3. The number of nitrogens with two attached hydrogens (primary N) is 1. The lowest BCUT2D eigenvalue weighted by Gasteiger charge is -2.04. The lowest BCUT2D eigenvalue weighted by atomic mass is 10.2. The van der Waals surface area contributed by atoms with Gasteiger partial charge in [-0.05, 0) is 18.2 Å². The second-order valence-electron chi connectivity index (χ2n) is 4.15. The van der Waals surface area contributed by atoms with E-state index in [1.165, 1.54) is 18.3 Å². The first kappa shape index (κ1) is 12.5. The molecule has 0 aliphatic rings. The number of nitrogen functional groups attached to an aromatic ring is 1. The number of hydrogen-bond donors (Lipinski definition) is 2. The summed E-state index contributed by atoms with van der Waals surface area (Å²) < 4.78 is 0.935. The molecule has 100 valence electrons. The fraction of sp³-hybridized carbons (Fsp3) is 0.0769. The molecule has 3 aromatic rings. The standard InChI is InChI=1S/C13H11N5OS/c1-7(19)16-10-5-6-15-12(18-10)8-3-2-4-9-11(8)20-13(14)17-9/h2-6H,1H3,(H2,14,17)(H,15,16,18,19). The number of carbonyl (C=O) groups excluding carboxylic acids is 1. The maximum absolute atomic E-state index is 11.1. The Balaban J connectivity index is 2.13. The average Bonchev–Trinajstić information content (AvgIpc) is 2.78. The number of benzene rings is 1. The fourth-order valence-corrected chi connectivity index (χ4v) is 2.72. The first-order valence-electron chi connectivity index (χ1n) is 5.89. The Morgan fingerprint density at radius 3 is 2.95 bits per heavy atom. The number of thiazole rings is 1. The molecule has 2 heterocycles. The summed E-state index contributed by atoms with van der Waals surface area (Å²) in [5, 5.41) is 3.15. The van der Waals surface area contributed by atoms with Crippen LogP contribution >= 0.6 is 11.3 Å². The molecule has 1 aromatic carbocycles. The monoisotopic (exact) mass is 285 g/mol. The zero-order valence-corrected chi connectivity index (χ0v) is 11.4. The van der Waals surface area contributed by atoms with E-state index in [2.05, 4.69) is 20.3 Å². The lowest BCUT2D eigenvalue weighted by molar-refractivity contribution is -0.114. The third-order valence-electron chi connectivity index (χ3n) is 2.63. The molecular formula is C13H11N5OS. The van der Waals surface area contributed by atoms with E-state index in [1.54, 1.807) is 12.3 Å². The number of carbonyl (C=O) groups is 1. The Labute approximate surface area is 118 Å². The Hall–Kier alpha value is -2.54. The molecule has 0 aliphatic carbocycles. The smallest absolute Gasteiger partial charge is 0.222 e. The number of anilines is 2. The van der Waals surface area contributed by atoms with Gasteiger partial charge in [-0.25, -0.2) is 15.0 Å². The Morgan fingerprint density at radius 2 is 2.15 bits per heavy atom. The Morgan fingerprint density at radius 1 is 1.30 bits per heavy atom. The molecule has 6 nitrogen and oxygen atoms in total. The summed E-state index contributed by atoms with van der Waals surface area (Å²) in [4.78, 5) is 23.9. The molecule has 0 aliphatic heterocycles. The summed E-state index contributed by atoms with van der Waals surface area (Å²) in [5.41, 5.74) is 7.41. The van der Waals surface area contributed by atoms with E-state index in [-0.39, 0.29) is 5.91 Å². The van der Waals surface area contributed by atoms with Crippen molar-refractivity contribution < 1.29 is 4.79 Å². The summed E-state index contributed by atoms with van der Waals surface area (Å²) in [6, 6.07) is 7.33. The van der Waals surface area contributed by atoms with Gasteiger partial charge in [0.25, 0.3) is 0 Å². The predicted octanol–water partition coefficient (Wildman–Crippen LogP) is 2.29. The Bertz CT molecular complexity index is 798. The van der Waals surface area contributed by atoms with Gasteiger partial charge in [0.05, 0.1) is 10.2 Å². The van der Waals surface area contributed by atoms with Crippen LogP contribution in [-0.2, 0) is 4.79 Å². The molecule has 0 saturated heterocycles. The van der Waals surface area contributed by atoms with Crippen molar-refractivity contribution in [2.45, 2.75) is 6.92 Å². The minimum absolute atomic E-state index is 0.171. The van der Waals surface area contributed by atoms with Crippen LogP contribution in [-0.4, -0.2) is 20.9 Å². The molecule has 2 aromatic heterocycles. The summed E-state index contributed by atoms with van der Waals surface area (Å²) in [7, 11) is 0. The predicted molar refractivity (Wildman–Crippen MR) is 79.4 cm³/mol. The van der Waals surface area contributed by atoms with Crippen molar-refractivity contribution in [3.63, 3.8) is 0 Å². The van der Waals surface area contributed by atoms with Crippen molar-refractivity contribution in [2.75, 3.05) is 11.1 Å². The van der Waals surface area contributed by atoms with Crippen LogP contribution in [0.25, 0.3) is 21.6 Å². The minimum atomic E-state index is -0.171. The quantitative estimate of drug-likeness (QED) is 0.753. The molecule has 0 bridgehead atoms. The molecule has 0 saturated carbocycles. The van der Waals surface area contributed by atoms with E-state index in [4.69, 9.17) is 5.73 Å². The lowest BCUT2D eigenvalue weighted by Crippen LogP contribution is -2.08. The zero-order valence-electron chi connectivity index (χ0n) is 10.6. The van der Waals surface area contributed by atoms with E-state index in [1.807, 2.05) is 18.2 Å². The molecule has 0 atom stereocenters. The van der Waals surface area contributed by atoms with Gasteiger partial charge in [-0.15, -0.1) is 0 Å². The van der Waals surface area contributed by atoms with Crippen LogP contribution in [0.15, 0.2) is 30.5 Å². The van der Waals surface area contributed by atoms with Crippen LogP contribution in [0.5, 0.6) is 0 Å². The molecule has 3 rings (SSSR count). The Kier molecular flexibility index (Phi) is 3.03. The third-order valence-corrected chi connectivity index (χ3v) is 3.57. The van der Waals surface area contributed by atoms with Crippen molar-refractivity contribution in [2.24, 2.45) is 0 Å². The molecule has 0 unspecified atom stereocenters. The number of rotatable bonds is 2. The highest BCUT2D eigenvalue weighted by molar-refractivity contribution is 7.22. The van der Waals surface area contributed by atoms with Crippen molar-refractivity contribution >= 4 is 38.4 Å². The van der Waals surface area contributed by atoms with E-state index < -0.39 is 0 Å². The number of aromatic nitrogens is 3. The highest BCUT2D eigenvalue weighted by Gasteiger charge is 2.11. The van der Waals surface area contributed by atoms with Gasteiger partial charge in [0.2, 0.25) is 5.91 Å². The second kappa shape index (κ2) is 4.86. The highest BCUT2D eigenvalue weighted by Crippen LogP contribution is 2.32. The van der Waals surface area contributed by atoms with Gasteiger partial charge < -0.3 is 11.1 Å². The number of hydrogen-bond acceptors (Lipinski definition) is 6. The van der Waals surface area contributed by atoms with Crippen molar-refractivity contribution in [1.82, 2.24) is 15.0 Å². The normalized spacial score (nSPS) is 10.7. The fourth-order valence-electron chi connectivity index (χ4n) is 1.88. The van der Waals surface area contributed by atoms with Crippen LogP contribution in [0.1, 0.15) is 6.92 Å². The van der Waals surface area contributed by atoms with Gasteiger partial charge in [0.15, 0.2) is 11.0 Å². The van der Waals surface area contributed by atoms with Crippen LogP contribution in [0, 0.1) is 0 Å². The van der Waals surface area contributed by atoms with Gasteiger partial charge in [0, 0.05) is 18.7 Å². The first-order chi connectivity index (χ1) is 9.63. The number of fused-ring (bicyclic) bond motifs is 1. The molecule has 3 N–H and O–H groups in total. The largest absolute Gasteiger partial charge is 0.375 e. The molecular weight excluding hydrogens is 274 g/mol. The third kappa shape index (κ3) is 2.30. The summed E-state index contributed by atoms with van der Waals surface area (Å²) in [5.74, 6) is 0.831. The zero-order chi connectivity index (χ0) is 14.1. The van der Waals surface area contributed by atoms with Gasteiger partial charge in [-0.3, -0.25) is 4.79 Å². The maximum atomic E-state index is 11.1. The summed E-state index contributed by atoms with van der Waals surface area (Å²) in [6.45, 7) is 1.44. The maximum Gasteiger partial charge on any atom is 0.222 e. The van der Waals surface area contributed by atoms with E-state index in [9.17, 15) is 4.79 Å². The SMILES string of the molecule is CC(=O)Nc1ccnc(-c2cccc3nc(N)sc23)n1. The van der Waals surface area contributed by atoms with Gasteiger partial charge in [-0.1, -0.05) is 17.4 Å².